The minimum atomic E-state index is -4.73. The molecule has 0 atom stereocenters. The van der Waals surface area contributed by atoms with Crippen LogP contribution in [-0.2, 0) is 17.6 Å². The Bertz CT molecular complexity index is 1260. The number of carbonyl (C=O) groups excluding carboxylic acids is 1. The smallest absolute Gasteiger partial charge is 0.406 e. The average molecular weight is 465 g/mol. The van der Waals surface area contributed by atoms with E-state index in [9.17, 15) is 18.0 Å². The number of rotatable bonds is 8. The van der Waals surface area contributed by atoms with E-state index in [0.717, 1.165) is 22.3 Å². The van der Waals surface area contributed by atoms with Crippen LogP contribution in [0.4, 0.5) is 13.2 Å². The van der Waals surface area contributed by atoms with Crippen LogP contribution < -0.4 is 4.74 Å². The van der Waals surface area contributed by atoms with E-state index in [1.54, 1.807) is 0 Å². The number of Topliss-reactive ketones (excluding diaryl/α,β-unsaturated/α-hetero) is 1. The molecule has 0 aliphatic rings. The molecule has 0 unspecified atom stereocenters. The molecule has 0 N–H and O–H groups in total. The van der Waals surface area contributed by atoms with Gasteiger partial charge in [0.2, 0.25) is 0 Å². The molecule has 0 saturated heterocycles. The van der Waals surface area contributed by atoms with E-state index < -0.39 is 6.36 Å². The number of aromatic nitrogens is 3. The van der Waals surface area contributed by atoms with Crippen molar-refractivity contribution in [3.63, 3.8) is 0 Å². The Morgan fingerprint density at radius 1 is 0.971 bits per heavy atom. The summed E-state index contributed by atoms with van der Waals surface area (Å²) in [6.07, 6.45) is -1.68. The number of nitrogens with zero attached hydrogens (tertiary/aromatic N) is 3. The Morgan fingerprint density at radius 2 is 1.68 bits per heavy atom. The Kier molecular flexibility index (Phi) is 6.77. The first-order chi connectivity index (χ1) is 16.3. The molecule has 0 aliphatic heterocycles. The summed E-state index contributed by atoms with van der Waals surface area (Å²) in [7, 11) is 0. The van der Waals surface area contributed by atoms with E-state index in [-0.39, 0.29) is 11.5 Å². The van der Waals surface area contributed by atoms with Crippen LogP contribution in [0.3, 0.4) is 0 Å². The molecule has 34 heavy (non-hydrogen) atoms. The Balaban J connectivity index is 1.35. The Hall–Kier alpha value is -3.94. The first-order valence-corrected chi connectivity index (χ1v) is 10.7. The largest absolute Gasteiger partial charge is 0.573 e. The fourth-order valence-electron chi connectivity index (χ4n) is 3.53. The number of ether oxygens (including phenoxy) is 1. The fourth-order valence-corrected chi connectivity index (χ4v) is 3.53. The van der Waals surface area contributed by atoms with Gasteiger partial charge in [-0.1, -0.05) is 48.5 Å². The molecule has 0 aliphatic carbocycles. The van der Waals surface area contributed by atoms with Crippen LogP contribution in [0.5, 0.6) is 5.75 Å². The highest BCUT2D eigenvalue weighted by Gasteiger charge is 2.31. The molecule has 0 spiro atoms. The Morgan fingerprint density at radius 3 is 2.35 bits per heavy atom. The van der Waals surface area contributed by atoms with Crippen LogP contribution in [0.2, 0.25) is 0 Å². The van der Waals surface area contributed by atoms with E-state index in [1.165, 1.54) is 35.3 Å². The third kappa shape index (κ3) is 6.10. The molecule has 5 nitrogen and oxygen atoms in total. The van der Waals surface area contributed by atoms with Crippen molar-refractivity contribution in [2.45, 2.75) is 32.5 Å². The molecule has 8 heteroatoms. The van der Waals surface area contributed by atoms with Crippen molar-refractivity contribution in [1.82, 2.24) is 14.8 Å². The number of aryl methyl sites for hydroxylation is 2. The van der Waals surface area contributed by atoms with Crippen LogP contribution in [0.25, 0.3) is 17.1 Å². The third-order valence-electron chi connectivity index (χ3n) is 5.38. The second-order valence-corrected chi connectivity index (χ2v) is 7.89. The molecule has 0 amide bonds. The number of hydrogen-bond donors (Lipinski definition) is 0. The van der Waals surface area contributed by atoms with E-state index >= 15 is 0 Å². The molecular weight excluding hydrogens is 443 g/mol. The molecule has 0 radical (unpaired) electrons. The maximum Gasteiger partial charge on any atom is 0.573 e. The van der Waals surface area contributed by atoms with Crippen LogP contribution >= 0.6 is 0 Å². The molecule has 1 heterocycles. The minimum Gasteiger partial charge on any atom is -0.406 e. The van der Waals surface area contributed by atoms with Gasteiger partial charge in [0, 0.05) is 18.4 Å². The molecule has 1 aromatic heterocycles. The van der Waals surface area contributed by atoms with Gasteiger partial charge in [0.15, 0.2) is 5.82 Å². The van der Waals surface area contributed by atoms with Gasteiger partial charge in [0.1, 0.15) is 17.9 Å². The Labute approximate surface area is 194 Å². The minimum absolute atomic E-state index is 0.199. The number of halogens is 3. The molecule has 4 aromatic rings. The van der Waals surface area contributed by atoms with E-state index in [4.69, 9.17) is 0 Å². The lowest BCUT2D eigenvalue weighted by Gasteiger charge is -2.09. The van der Waals surface area contributed by atoms with Crippen molar-refractivity contribution >= 4 is 5.78 Å². The number of hydrogen-bond acceptors (Lipinski definition) is 4. The van der Waals surface area contributed by atoms with Gasteiger partial charge < -0.3 is 4.74 Å². The zero-order valence-corrected chi connectivity index (χ0v) is 18.4. The summed E-state index contributed by atoms with van der Waals surface area (Å²) in [6.45, 7) is 2.01. The second-order valence-electron chi connectivity index (χ2n) is 7.89. The SMILES string of the molecule is Cc1ccccc1CC(=O)CCc1ccc(-c2ncn(-c3ccc(OC(F)(F)F)cc3)n2)cc1. The normalized spacial score (nSPS) is 11.4. The molecule has 0 bridgehead atoms. The van der Waals surface area contributed by atoms with Gasteiger partial charge in [-0.15, -0.1) is 18.3 Å². The van der Waals surface area contributed by atoms with Crippen molar-refractivity contribution in [3.8, 4) is 22.8 Å². The standard InChI is InChI=1S/C26H22F3N3O2/c1-18-4-2-3-5-21(18)16-23(33)13-8-19-6-9-20(10-7-19)25-30-17-32(31-25)22-11-14-24(15-12-22)34-26(27,28)29/h2-7,9-12,14-15,17H,8,13,16H2,1H3. The van der Waals surface area contributed by atoms with E-state index in [2.05, 4.69) is 14.8 Å². The zero-order valence-electron chi connectivity index (χ0n) is 18.4. The van der Waals surface area contributed by atoms with Crippen molar-refractivity contribution in [2.75, 3.05) is 0 Å². The van der Waals surface area contributed by atoms with Crippen LogP contribution in [0.1, 0.15) is 23.1 Å². The van der Waals surface area contributed by atoms with Crippen LogP contribution in [-0.4, -0.2) is 26.9 Å². The van der Waals surface area contributed by atoms with Gasteiger partial charge >= 0.3 is 6.36 Å². The highest BCUT2D eigenvalue weighted by molar-refractivity contribution is 5.81. The van der Waals surface area contributed by atoms with Crippen molar-refractivity contribution in [3.05, 3.63) is 95.8 Å². The number of carbonyl (C=O) groups is 1. The third-order valence-corrected chi connectivity index (χ3v) is 5.38. The maximum absolute atomic E-state index is 12.4. The quantitative estimate of drug-likeness (QED) is 0.326. The van der Waals surface area contributed by atoms with Gasteiger partial charge in [-0.05, 0) is 54.3 Å². The fraction of sp³-hybridized carbons (Fsp3) is 0.192. The predicted molar refractivity (Wildman–Crippen MR) is 122 cm³/mol. The maximum atomic E-state index is 12.4. The van der Waals surface area contributed by atoms with Crippen molar-refractivity contribution in [1.29, 1.82) is 0 Å². The molecule has 0 saturated carbocycles. The zero-order chi connectivity index (χ0) is 24.1. The summed E-state index contributed by atoms with van der Waals surface area (Å²) < 4.78 is 42.3. The molecular formula is C26H22F3N3O2. The van der Waals surface area contributed by atoms with Crippen LogP contribution in [0.15, 0.2) is 79.1 Å². The highest BCUT2D eigenvalue weighted by atomic mass is 19.4. The highest BCUT2D eigenvalue weighted by Crippen LogP contribution is 2.24. The van der Waals surface area contributed by atoms with Gasteiger partial charge in [-0.2, -0.15) is 0 Å². The summed E-state index contributed by atoms with van der Waals surface area (Å²) in [6, 6.07) is 21.0. The topological polar surface area (TPSA) is 57.0 Å². The van der Waals surface area contributed by atoms with E-state index in [0.29, 0.717) is 30.8 Å². The van der Waals surface area contributed by atoms with Gasteiger partial charge in [-0.3, -0.25) is 4.79 Å². The van der Waals surface area contributed by atoms with Crippen molar-refractivity contribution in [2.24, 2.45) is 0 Å². The predicted octanol–water partition coefficient (Wildman–Crippen LogP) is 5.89. The van der Waals surface area contributed by atoms with Gasteiger partial charge in [-0.25, -0.2) is 9.67 Å². The summed E-state index contributed by atoms with van der Waals surface area (Å²) in [5.74, 6) is 0.382. The summed E-state index contributed by atoms with van der Waals surface area (Å²) in [4.78, 5) is 16.7. The summed E-state index contributed by atoms with van der Waals surface area (Å²) in [5, 5.41) is 4.40. The molecule has 4 rings (SSSR count). The lowest BCUT2D eigenvalue weighted by Crippen LogP contribution is -2.17. The van der Waals surface area contributed by atoms with Crippen molar-refractivity contribution < 1.29 is 22.7 Å². The van der Waals surface area contributed by atoms with Gasteiger partial charge in [0.05, 0.1) is 5.69 Å². The number of benzene rings is 3. The first kappa shape index (κ1) is 23.2. The molecule has 3 aromatic carbocycles. The monoisotopic (exact) mass is 465 g/mol. The second kappa shape index (κ2) is 9.91. The van der Waals surface area contributed by atoms with Gasteiger partial charge in [0.25, 0.3) is 0 Å². The molecule has 0 fully saturated rings. The lowest BCUT2D eigenvalue weighted by molar-refractivity contribution is -0.274. The lowest BCUT2D eigenvalue weighted by atomic mass is 9.99. The molecule has 174 valence electrons. The van der Waals surface area contributed by atoms with E-state index in [1.807, 2.05) is 55.5 Å². The summed E-state index contributed by atoms with van der Waals surface area (Å²) in [5.41, 5.74) is 4.58. The number of ketones is 1. The first-order valence-electron chi connectivity index (χ1n) is 10.7. The summed E-state index contributed by atoms with van der Waals surface area (Å²) >= 11 is 0. The van der Waals surface area contributed by atoms with Crippen LogP contribution in [0, 0.1) is 6.92 Å². The average Bonchev–Trinajstić information content (AvgIpc) is 3.29. The number of alkyl halides is 3.